The Labute approximate surface area is 213 Å². The van der Waals surface area contributed by atoms with Gasteiger partial charge in [-0.2, -0.15) is 4.72 Å². The first-order valence-corrected chi connectivity index (χ1v) is 12.6. The van der Waals surface area contributed by atoms with Crippen LogP contribution < -0.4 is 14.2 Å². The molecule has 0 aliphatic rings. The maximum absolute atomic E-state index is 12.8. The van der Waals surface area contributed by atoms with Crippen molar-refractivity contribution < 1.29 is 32.6 Å². The van der Waals surface area contributed by atoms with Gasteiger partial charge in [0.05, 0.1) is 24.8 Å². The fourth-order valence-electron chi connectivity index (χ4n) is 3.78. The van der Waals surface area contributed by atoms with Gasteiger partial charge in [-0.15, -0.1) is 0 Å². The number of ketones is 1. The van der Waals surface area contributed by atoms with Gasteiger partial charge < -0.3 is 19.6 Å². The van der Waals surface area contributed by atoms with Gasteiger partial charge in [-0.3, -0.25) is 9.59 Å². The number of methoxy groups -OCH3 is 2. The summed E-state index contributed by atoms with van der Waals surface area (Å²) >= 11 is 0. The van der Waals surface area contributed by atoms with Crippen LogP contribution in [0, 0.1) is 0 Å². The Morgan fingerprint density at radius 2 is 1.68 bits per heavy atom. The zero-order chi connectivity index (χ0) is 26.6. The van der Waals surface area contributed by atoms with E-state index in [1.54, 1.807) is 19.3 Å². The highest BCUT2D eigenvalue weighted by atomic mass is 32.2. The lowest BCUT2D eigenvalue weighted by Gasteiger charge is -2.12. The Kier molecular flexibility index (Phi) is 7.42. The number of H-pyrrole nitrogens is 1. The summed E-state index contributed by atoms with van der Waals surface area (Å²) in [5.41, 5.74) is 3.51. The normalized spacial score (nSPS) is 11.6. The summed E-state index contributed by atoms with van der Waals surface area (Å²) in [4.78, 5) is 26.7. The molecule has 0 aliphatic carbocycles. The van der Waals surface area contributed by atoms with Gasteiger partial charge in [0.1, 0.15) is 18.0 Å². The van der Waals surface area contributed by atoms with Gasteiger partial charge in [-0.05, 0) is 54.6 Å². The van der Waals surface area contributed by atoms with Crippen LogP contribution in [-0.2, 0) is 14.8 Å². The molecule has 1 aromatic heterocycles. The number of allylic oxidation sites excluding steroid dienone is 1. The van der Waals surface area contributed by atoms with Crippen molar-refractivity contribution in [1.29, 1.82) is 0 Å². The molecular weight excluding hydrogens is 496 g/mol. The van der Waals surface area contributed by atoms with Crippen LogP contribution in [0.15, 0.2) is 77.7 Å². The fraction of sp³-hybridized carbons (Fsp3) is 0.111. The second kappa shape index (κ2) is 10.7. The van der Waals surface area contributed by atoms with Crippen molar-refractivity contribution in [2.75, 3.05) is 20.8 Å². The lowest BCUT2D eigenvalue weighted by Crippen LogP contribution is -2.29. The van der Waals surface area contributed by atoms with Crippen LogP contribution in [0.25, 0.3) is 28.2 Å². The van der Waals surface area contributed by atoms with Gasteiger partial charge in [0.2, 0.25) is 10.0 Å². The molecule has 9 nitrogen and oxygen atoms in total. The minimum absolute atomic E-state index is 0.144. The summed E-state index contributed by atoms with van der Waals surface area (Å²) < 4.78 is 37.4. The molecule has 3 N–H and O–H groups in total. The van der Waals surface area contributed by atoms with E-state index in [1.807, 2.05) is 41.1 Å². The predicted molar refractivity (Wildman–Crippen MR) is 139 cm³/mol. The number of para-hydroxylation sites is 1. The summed E-state index contributed by atoms with van der Waals surface area (Å²) in [5, 5.41) is 9.73. The van der Waals surface area contributed by atoms with E-state index in [2.05, 4.69) is 4.98 Å². The van der Waals surface area contributed by atoms with Gasteiger partial charge in [-0.1, -0.05) is 18.2 Å². The summed E-state index contributed by atoms with van der Waals surface area (Å²) in [7, 11) is -0.909. The Morgan fingerprint density at radius 1 is 0.973 bits per heavy atom. The highest BCUT2D eigenvalue weighted by molar-refractivity contribution is 7.89. The Morgan fingerprint density at radius 3 is 2.32 bits per heavy atom. The van der Waals surface area contributed by atoms with Crippen LogP contribution in [0.4, 0.5) is 0 Å². The molecule has 0 radical (unpaired) electrons. The monoisotopic (exact) mass is 520 g/mol. The number of carbonyl (C=O) groups excluding carboxylic acids is 1. The molecule has 190 valence electrons. The lowest BCUT2D eigenvalue weighted by atomic mass is 10.0. The van der Waals surface area contributed by atoms with Crippen LogP contribution in [0.3, 0.4) is 0 Å². The maximum Gasteiger partial charge on any atom is 0.318 e. The van der Waals surface area contributed by atoms with Gasteiger partial charge in [0.25, 0.3) is 0 Å². The first kappa shape index (κ1) is 25.7. The molecule has 0 bridgehead atoms. The number of sulfonamides is 1. The van der Waals surface area contributed by atoms with Crippen LogP contribution >= 0.6 is 0 Å². The van der Waals surface area contributed by atoms with Gasteiger partial charge >= 0.3 is 5.97 Å². The molecule has 0 atom stereocenters. The van der Waals surface area contributed by atoms with E-state index in [0.29, 0.717) is 17.1 Å². The number of carboxylic acids is 1. The predicted octanol–water partition coefficient (Wildman–Crippen LogP) is 4.11. The average Bonchev–Trinajstić information content (AvgIpc) is 3.34. The van der Waals surface area contributed by atoms with Crippen LogP contribution in [0.5, 0.6) is 11.5 Å². The van der Waals surface area contributed by atoms with E-state index >= 15 is 0 Å². The standard InChI is InChI=1S/C27H24N2O7S/c1-35-25-15-26(36-2)21(23-14-18-5-3-4-6-22(18)29-23)13-19(25)9-12-24(30)17-7-10-20(11-8-17)37(33,34)28-16-27(31)32/h3-15,28-29H,16H2,1-2H3,(H,31,32)/b12-9+. The highest BCUT2D eigenvalue weighted by Crippen LogP contribution is 2.37. The number of aliphatic carboxylic acids is 1. The van der Waals surface area contributed by atoms with Crippen molar-refractivity contribution in [3.05, 3.63) is 83.9 Å². The molecular formula is C27H24N2O7S. The molecule has 0 saturated heterocycles. The molecule has 4 rings (SSSR count). The van der Waals surface area contributed by atoms with E-state index < -0.39 is 22.5 Å². The zero-order valence-electron chi connectivity index (χ0n) is 20.0. The van der Waals surface area contributed by atoms with Crippen LogP contribution in [0.2, 0.25) is 0 Å². The third-order valence-corrected chi connectivity index (χ3v) is 7.07. The minimum atomic E-state index is -4.00. The second-order valence-electron chi connectivity index (χ2n) is 8.00. The van der Waals surface area contributed by atoms with E-state index in [4.69, 9.17) is 14.6 Å². The molecule has 37 heavy (non-hydrogen) atoms. The summed E-state index contributed by atoms with van der Waals surface area (Å²) in [6.45, 7) is -0.740. The number of carboxylic acid groups (broad SMARTS) is 1. The number of carbonyl (C=O) groups is 2. The molecule has 0 amide bonds. The van der Waals surface area contributed by atoms with Crippen molar-refractivity contribution >= 4 is 38.8 Å². The Hall–Kier alpha value is -4.41. The second-order valence-corrected chi connectivity index (χ2v) is 9.77. The Bertz CT molecular complexity index is 1570. The first-order valence-electron chi connectivity index (χ1n) is 11.1. The topological polar surface area (TPSA) is 135 Å². The van der Waals surface area contributed by atoms with Gasteiger partial charge in [0.15, 0.2) is 5.78 Å². The molecule has 1 heterocycles. The van der Waals surface area contributed by atoms with Gasteiger partial charge in [0, 0.05) is 33.7 Å². The van der Waals surface area contributed by atoms with Crippen molar-refractivity contribution in [1.82, 2.24) is 9.71 Å². The van der Waals surface area contributed by atoms with Crippen LogP contribution in [-0.4, -0.2) is 51.0 Å². The smallest absolute Gasteiger partial charge is 0.318 e. The highest BCUT2D eigenvalue weighted by Gasteiger charge is 2.17. The van der Waals surface area contributed by atoms with Crippen molar-refractivity contribution in [2.24, 2.45) is 0 Å². The molecule has 4 aromatic rings. The zero-order valence-corrected chi connectivity index (χ0v) is 20.8. The number of hydrogen-bond donors (Lipinski definition) is 3. The number of benzene rings is 3. The maximum atomic E-state index is 12.8. The number of ether oxygens (including phenoxy) is 2. The number of nitrogens with one attached hydrogen (secondary N) is 2. The molecule has 0 fully saturated rings. The number of hydrogen-bond acceptors (Lipinski definition) is 6. The molecule has 3 aromatic carbocycles. The average molecular weight is 521 g/mol. The molecule has 0 aliphatic heterocycles. The van der Waals surface area contributed by atoms with E-state index in [1.165, 1.54) is 37.5 Å². The molecule has 10 heteroatoms. The number of aromatic nitrogens is 1. The lowest BCUT2D eigenvalue weighted by molar-refractivity contribution is -0.135. The largest absolute Gasteiger partial charge is 0.496 e. The summed E-state index contributed by atoms with van der Waals surface area (Å²) in [6, 6.07) is 18.7. The van der Waals surface area contributed by atoms with Crippen molar-refractivity contribution in [3.63, 3.8) is 0 Å². The SMILES string of the molecule is COc1cc(OC)c(-c2cc3ccccc3[nH]2)cc1/C=C/C(=O)c1ccc(S(=O)(=O)NCC(=O)O)cc1. The molecule has 0 unspecified atom stereocenters. The van der Waals surface area contributed by atoms with Gasteiger partial charge in [-0.25, -0.2) is 8.42 Å². The van der Waals surface area contributed by atoms with E-state index in [9.17, 15) is 18.0 Å². The van der Waals surface area contributed by atoms with Crippen molar-refractivity contribution in [3.8, 4) is 22.8 Å². The third kappa shape index (κ3) is 5.71. The number of rotatable bonds is 10. The fourth-order valence-corrected chi connectivity index (χ4v) is 4.76. The first-order chi connectivity index (χ1) is 17.7. The third-order valence-electron chi connectivity index (χ3n) is 5.65. The minimum Gasteiger partial charge on any atom is -0.496 e. The number of aromatic amines is 1. The van der Waals surface area contributed by atoms with E-state index in [0.717, 1.165) is 22.2 Å². The van der Waals surface area contributed by atoms with Crippen molar-refractivity contribution in [2.45, 2.75) is 4.90 Å². The van der Waals surface area contributed by atoms with E-state index in [-0.39, 0.29) is 16.2 Å². The molecule has 0 spiro atoms. The summed E-state index contributed by atoms with van der Waals surface area (Å²) in [6.07, 6.45) is 2.98. The Balaban J connectivity index is 1.61. The number of fused-ring (bicyclic) bond motifs is 1. The molecule has 0 saturated carbocycles. The summed E-state index contributed by atoms with van der Waals surface area (Å²) in [5.74, 6) is -0.554. The quantitative estimate of drug-likeness (QED) is 0.212. The van der Waals surface area contributed by atoms with Crippen LogP contribution in [0.1, 0.15) is 15.9 Å².